The summed E-state index contributed by atoms with van der Waals surface area (Å²) in [5.41, 5.74) is 0.595. The average Bonchev–Trinajstić information content (AvgIpc) is 3.24. The first-order chi connectivity index (χ1) is 12.7. The summed E-state index contributed by atoms with van der Waals surface area (Å²) in [6.07, 6.45) is 2.13. The Hall–Kier alpha value is -2.41. The minimum atomic E-state index is 0.0397. The summed E-state index contributed by atoms with van der Waals surface area (Å²) in [6, 6.07) is 7.38. The van der Waals surface area contributed by atoms with E-state index < -0.39 is 0 Å². The van der Waals surface area contributed by atoms with Crippen LogP contribution in [0.3, 0.4) is 0 Å². The van der Waals surface area contributed by atoms with Gasteiger partial charge in [-0.2, -0.15) is 4.98 Å². The summed E-state index contributed by atoms with van der Waals surface area (Å²) in [7, 11) is 0. The smallest absolute Gasteiger partial charge is 0.257 e. The summed E-state index contributed by atoms with van der Waals surface area (Å²) in [5.74, 6) is 2.96. The maximum absolute atomic E-state index is 13.1. The number of nitrogens with zero attached hydrogens (tertiary/aromatic N) is 3. The highest BCUT2D eigenvalue weighted by Gasteiger charge is 2.32. The van der Waals surface area contributed by atoms with E-state index in [-0.39, 0.29) is 12.5 Å². The van der Waals surface area contributed by atoms with Gasteiger partial charge in [-0.25, -0.2) is 0 Å². The molecule has 2 aliphatic rings. The molecule has 0 spiro atoms. The maximum atomic E-state index is 13.1. The molecule has 1 N–H and O–H groups in total. The molecule has 2 aliphatic heterocycles. The molecule has 26 heavy (non-hydrogen) atoms. The molecule has 4 rings (SSSR count). The second-order valence-electron chi connectivity index (χ2n) is 7.06. The normalized spacial score (nSPS) is 22.7. The number of hydrogen-bond acceptors (Lipinski definition) is 6. The Kier molecular flexibility index (Phi) is 4.88. The third-order valence-electron chi connectivity index (χ3n) is 5.35. The van der Waals surface area contributed by atoms with E-state index in [4.69, 9.17) is 9.26 Å². The van der Waals surface area contributed by atoms with Gasteiger partial charge in [-0.3, -0.25) is 4.79 Å². The van der Waals surface area contributed by atoms with E-state index >= 15 is 0 Å². The molecule has 0 radical (unpaired) electrons. The van der Waals surface area contributed by atoms with Crippen LogP contribution in [-0.2, 0) is 6.61 Å². The lowest BCUT2D eigenvalue weighted by atomic mass is 9.92. The molecule has 0 saturated carbocycles. The fourth-order valence-corrected chi connectivity index (χ4v) is 3.90. The molecule has 0 bridgehead atoms. The number of benzene rings is 1. The van der Waals surface area contributed by atoms with Crippen molar-refractivity contribution in [2.75, 3.05) is 26.2 Å². The Morgan fingerprint density at radius 2 is 2.00 bits per heavy atom. The van der Waals surface area contributed by atoms with Crippen LogP contribution in [0.2, 0.25) is 0 Å². The van der Waals surface area contributed by atoms with Gasteiger partial charge < -0.3 is 19.5 Å². The molecule has 1 aromatic heterocycles. The van der Waals surface area contributed by atoms with E-state index in [0.717, 1.165) is 39.0 Å². The Morgan fingerprint density at radius 3 is 2.69 bits per heavy atom. The molecule has 0 aliphatic carbocycles. The van der Waals surface area contributed by atoms with Crippen molar-refractivity contribution in [3.05, 3.63) is 41.5 Å². The van der Waals surface area contributed by atoms with Crippen LogP contribution in [0.1, 0.15) is 34.9 Å². The number of likely N-dealkylation sites (tertiary alicyclic amines) is 1. The molecule has 138 valence electrons. The van der Waals surface area contributed by atoms with Crippen molar-refractivity contribution in [1.82, 2.24) is 20.4 Å². The van der Waals surface area contributed by atoms with Gasteiger partial charge in [0.2, 0.25) is 11.7 Å². The minimum Gasteiger partial charge on any atom is -0.485 e. The molecule has 2 aromatic rings. The van der Waals surface area contributed by atoms with E-state index in [2.05, 4.69) is 15.5 Å². The van der Waals surface area contributed by atoms with Gasteiger partial charge in [0, 0.05) is 20.0 Å². The number of para-hydroxylation sites is 1. The molecule has 7 nitrogen and oxygen atoms in total. The fraction of sp³-hybridized carbons (Fsp3) is 0.526. The Bertz CT molecular complexity index is 762. The average molecular weight is 356 g/mol. The van der Waals surface area contributed by atoms with Crippen LogP contribution in [0.25, 0.3) is 0 Å². The molecule has 2 saturated heterocycles. The van der Waals surface area contributed by atoms with Gasteiger partial charge in [0.15, 0.2) is 6.61 Å². The van der Waals surface area contributed by atoms with Crippen molar-refractivity contribution in [2.24, 2.45) is 11.8 Å². The summed E-state index contributed by atoms with van der Waals surface area (Å²) >= 11 is 0. The Morgan fingerprint density at radius 1 is 1.27 bits per heavy atom. The quantitative estimate of drug-likeness (QED) is 0.903. The number of carbonyl (C=O) groups is 1. The van der Waals surface area contributed by atoms with E-state index in [0.29, 0.717) is 34.9 Å². The summed E-state index contributed by atoms with van der Waals surface area (Å²) in [5, 5.41) is 7.30. The van der Waals surface area contributed by atoms with Crippen LogP contribution in [0.4, 0.5) is 0 Å². The number of fused-ring (bicyclic) bond motifs is 1. The number of aryl methyl sites for hydroxylation is 1. The molecule has 2 atom stereocenters. The van der Waals surface area contributed by atoms with Crippen LogP contribution in [0, 0.1) is 18.8 Å². The van der Waals surface area contributed by atoms with Gasteiger partial charge in [0.1, 0.15) is 5.75 Å². The van der Waals surface area contributed by atoms with E-state index in [1.54, 1.807) is 6.92 Å². The van der Waals surface area contributed by atoms with Crippen molar-refractivity contribution in [3.8, 4) is 5.75 Å². The summed E-state index contributed by atoms with van der Waals surface area (Å²) < 4.78 is 10.8. The number of carbonyl (C=O) groups excluding carboxylic acids is 1. The van der Waals surface area contributed by atoms with Crippen molar-refractivity contribution in [2.45, 2.75) is 26.4 Å². The zero-order valence-corrected chi connectivity index (χ0v) is 15.0. The number of rotatable bonds is 4. The Labute approximate surface area is 152 Å². The molecular formula is C19H24N4O3. The van der Waals surface area contributed by atoms with Crippen LogP contribution < -0.4 is 10.1 Å². The van der Waals surface area contributed by atoms with Crippen molar-refractivity contribution in [1.29, 1.82) is 0 Å². The van der Waals surface area contributed by atoms with Gasteiger partial charge in [-0.1, -0.05) is 17.3 Å². The standard InChI is InChI=1S/C19H24N4O3/c1-13-21-18(22-26-13)12-25-17-5-3-2-4-16(17)19(24)23-8-6-14-10-20-11-15(14)7-9-23/h2-5,14-15,20H,6-12H2,1H3/t14-,15+. The lowest BCUT2D eigenvalue weighted by Gasteiger charge is -2.22. The maximum Gasteiger partial charge on any atom is 0.257 e. The molecule has 1 aromatic carbocycles. The van der Waals surface area contributed by atoms with E-state index in [9.17, 15) is 4.79 Å². The predicted molar refractivity (Wildman–Crippen MR) is 94.8 cm³/mol. The molecule has 0 unspecified atom stereocenters. The highest BCUT2D eigenvalue weighted by Crippen LogP contribution is 2.29. The molecule has 7 heteroatoms. The lowest BCUT2D eigenvalue weighted by Crippen LogP contribution is -2.33. The molecule has 2 fully saturated rings. The van der Waals surface area contributed by atoms with Crippen molar-refractivity contribution < 1.29 is 14.1 Å². The number of hydrogen-bond donors (Lipinski definition) is 1. The van der Waals surface area contributed by atoms with Crippen molar-refractivity contribution in [3.63, 3.8) is 0 Å². The van der Waals surface area contributed by atoms with E-state index in [1.807, 2.05) is 29.2 Å². The number of amides is 1. The van der Waals surface area contributed by atoms with Crippen LogP contribution in [-0.4, -0.2) is 47.1 Å². The number of nitrogens with one attached hydrogen (secondary N) is 1. The van der Waals surface area contributed by atoms with Gasteiger partial charge in [0.05, 0.1) is 5.56 Å². The first kappa shape index (κ1) is 17.0. The second kappa shape index (κ2) is 7.45. The minimum absolute atomic E-state index is 0.0397. The first-order valence-electron chi connectivity index (χ1n) is 9.21. The monoisotopic (exact) mass is 356 g/mol. The van der Waals surface area contributed by atoms with Gasteiger partial charge in [-0.15, -0.1) is 0 Å². The van der Waals surface area contributed by atoms with Crippen molar-refractivity contribution >= 4 is 5.91 Å². The zero-order valence-electron chi connectivity index (χ0n) is 15.0. The van der Waals surface area contributed by atoms with Crippen LogP contribution in [0.15, 0.2) is 28.8 Å². The second-order valence-corrected chi connectivity index (χ2v) is 7.06. The van der Waals surface area contributed by atoms with Gasteiger partial charge in [-0.05, 0) is 49.9 Å². The summed E-state index contributed by atoms with van der Waals surface area (Å²) in [6.45, 7) is 5.68. The highest BCUT2D eigenvalue weighted by molar-refractivity contribution is 5.97. The highest BCUT2D eigenvalue weighted by atomic mass is 16.5. The SMILES string of the molecule is Cc1nc(COc2ccccc2C(=O)N2CC[C@@H]3CNC[C@@H]3CC2)no1. The van der Waals surface area contributed by atoms with E-state index in [1.165, 1.54) is 0 Å². The number of ether oxygens (including phenoxy) is 1. The predicted octanol–water partition coefficient (Wildman–Crippen LogP) is 2.03. The third kappa shape index (κ3) is 3.58. The topological polar surface area (TPSA) is 80.5 Å². The molecular weight excluding hydrogens is 332 g/mol. The van der Waals surface area contributed by atoms with Gasteiger partial charge >= 0.3 is 0 Å². The van der Waals surface area contributed by atoms with Crippen LogP contribution >= 0.6 is 0 Å². The fourth-order valence-electron chi connectivity index (χ4n) is 3.90. The number of aromatic nitrogens is 2. The lowest BCUT2D eigenvalue weighted by molar-refractivity contribution is 0.0753. The Balaban J connectivity index is 1.45. The van der Waals surface area contributed by atoms with Crippen LogP contribution in [0.5, 0.6) is 5.75 Å². The summed E-state index contributed by atoms with van der Waals surface area (Å²) in [4.78, 5) is 19.2. The third-order valence-corrected chi connectivity index (χ3v) is 5.35. The zero-order chi connectivity index (χ0) is 17.9. The molecule has 3 heterocycles. The van der Waals surface area contributed by atoms with Gasteiger partial charge in [0.25, 0.3) is 5.91 Å². The largest absolute Gasteiger partial charge is 0.485 e. The molecule has 1 amide bonds. The first-order valence-corrected chi connectivity index (χ1v) is 9.21.